The third kappa shape index (κ3) is 3.57. The van der Waals surface area contributed by atoms with Crippen LogP contribution in [-0.2, 0) is 0 Å². The highest BCUT2D eigenvalue weighted by molar-refractivity contribution is 5.99. The molecule has 0 atom stereocenters. The van der Waals surface area contributed by atoms with Gasteiger partial charge in [-0.1, -0.05) is 31.2 Å². The van der Waals surface area contributed by atoms with E-state index in [2.05, 4.69) is 31.9 Å². The van der Waals surface area contributed by atoms with Crippen molar-refractivity contribution in [1.82, 2.24) is 24.7 Å². The highest BCUT2D eigenvalue weighted by Crippen LogP contribution is 2.38. The van der Waals surface area contributed by atoms with E-state index in [1.165, 1.54) is 19.2 Å². The van der Waals surface area contributed by atoms with E-state index in [0.717, 1.165) is 52.3 Å². The molecule has 5 aromatic rings. The summed E-state index contributed by atoms with van der Waals surface area (Å²) in [6, 6.07) is 16.5. The molecule has 3 N–H and O–H groups in total. The van der Waals surface area contributed by atoms with E-state index >= 15 is 0 Å². The van der Waals surface area contributed by atoms with Crippen LogP contribution in [0, 0.1) is 5.92 Å². The first-order valence-corrected chi connectivity index (χ1v) is 11.4. The summed E-state index contributed by atoms with van der Waals surface area (Å²) < 4.78 is 8.05. The van der Waals surface area contributed by atoms with Crippen molar-refractivity contribution in [1.29, 1.82) is 0 Å². The number of rotatable bonds is 4. The van der Waals surface area contributed by atoms with E-state index in [1.54, 1.807) is 0 Å². The maximum atomic E-state index is 6.31. The first kappa shape index (κ1) is 19.7. The molecule has 1 aliphatic rings. The molecule has 0 amide bonds. The van der Waals surface area contributed by atoms with Gasteiger partial charge in [0.15, 0.2) is 11.2 Å². The quantitative estimate of drug-likeness (QED) is 0.369. The van der Waals surface area contributed by atoms with Crippen LogP contribution in [0.3, 0.4) is 0 Å². The van der Waals surface area contributed by atoms with Crippen LogP contribution >= 0.6 is 0 Å². The Bertz CT molecular complexity index is 1430. The average molecular weight is 440 g/mol. The number of hydrogen-bond donors (Lipinski definition) is 2. The van der Waals surface area contributed by atoms with Crippen LogP contribution in [0.5, 0.6) is 0 Å². The Morgan fingerprint density at radius 1 is 1.03 bits per heavy atom. The van der Waals surface area contributed by atoms with E-state index in [-0.39, 0.29) is 0 Å². The van der Waals surface area contributed by atoms with Gasteiger partial charge in [-0.05, 0) is 55.9 Å². The van der Waals surface area contributed by atoms with Gasteiger partial charge in [0.25, 0.3) is 6.01 Å². The molecule has 0 spiro atoms. The molecule has 1 saturated carbocycles. The van der Waals surface area contributed by atoms with Crippen molar-refractivity contribution in [2.24, 2.45) is 5.92 Å². The fraction of sp³-hybridized carbons (Fsp3) is 0.280. The molecule has 0 unspecified atom stereocenters. The molecule has 33 heavy (non-hydrogen) atoms. The summed E-state index contributed by atoms with van der Waals surface area (Å²) in [7, 11) is 0. The monoisotopic (exact) mass is 439 g/mol. The Labute approximate surface area is 190 Å². The SMILES string of the molecule is CC1CCC(n2nc(-c3ccc4nc(Nc5ccccc5)oc4c3)c3c(N)ncnc32)CC1. The number of anilines is 3. The molecule has 8 heteroatoms. The number of nitrogens with zero attached hydrogens (tertiary/aromatic N) is 5. The Balaban J connectivity index is 1.41. The number of nitrogen functional groups attached to an aromatic ring is 1. The third-order valence-corrected chi connectivity index (χ3v) is 6.54. The lowest BCUT2D eigenvalue weighted by Crippen LogP contribution is -2.18. The summed E-state index contributed by atoms with van der Waals surface area (Å²) in [6.45, 7) is 2.32. The van der Waals surface area contributed by atoms with E-state index in [1.807, 2.05) is 48.5 Å². The predicted molar refractivity (Wildman–Crippen MR) is 129 cm³/mol. The molecule has 8 nitrogen and oxygen atoms in total. The Hall–Kier alpha value is -3.94. The maximum Gasteiger partial charge on any atom is 0.300 e. The van der Waals surface area contributed by atoms with Crippen LogP contribution < -0.4 is 11.1 Å². The van der Waals surface area contributed by atoms with E-state index in [0.29, 0.717) is 23.5 Å². The largest absolute Gasteiger partial charge is 0.423 e. The van der Waals surface area contributed by atoms with Crippen molar-refractivity contribution < 1.29 is 4.42 Å². The molecular formula is C25H25N7O. The van der Waals surface area contributed by atoms with E-state index in [4.69, 9.17) is 15.2 Å². The zero-order chi connectivity index (χ0) is 22.4. The minimum atomic E-state index is 0.322. The topological polar surface area (TPSA) is 108 Å². The summed E-state index contributed by atoms with van der Waals surface area (Å²) in [5.41, 5.74) is 11.1. The minimum Gasteiger partial charge on any atom is -0.423 e. The molecule has 1 aliphatic carbocycles. The number of nitrogens with two attached hydrogens (primary N) is 1. The normalized spacial score (nSPS) is 18.7. The number of hydrogen-bond acceptors (Lipinski definition) is 7. The summed E-state index contributed by atoms with van der Waals surface area (Å²) in [6.07, 6.45) is 6.10. The van der Waals surface area contributed by atoms with Crippen molar-refractivity contribution in [2.45, 2.75) is 38.6 Å². The molecule has 1 fully saturated rings. The van der Waals surface area contributed by atoms with E-state index in [9.17, 15) is 0 Å². The predicted octanol–water partition coefficient (Wildman–Crippen LogP) is 5.71. The van der Waals surface area contributed by atoms with Crippen LogP contribution in [0.4, 0.5) is 17.5 Å². The lowest BCUT2D eigenvalue weighted by atomic mass is 9.87. The molecule has 0 aliphatic heterocycles. The molecule has 0 saturated heterocycles. The van der Waals surface area contributed by atoms with Crippen LogP contribution in [0.2, 0.25) is 0 Å². The van der Waals surface area contributed by atoms with Crippen molar-refractivity contribution in [2.75, 3.05) is 11.1 Å². The number of para-hydroxylation sites is 1. The fourth-order valence-corrected chi connectivity index (χ4v) is 4.71. The van der Waals surface area contributed by atoms with Crippen LogP contribution in [0.25, 0.3) is 33.4 Å². The zero-order valence-corrected chi connectivity index (χ0v) is 18.4. The highest BCUT2D eigenvalue weighted by Gasteiger charge is 2.25. The summed E-state index contributed by atoms with van der Waals surface area (Å²) in [5.74, 6) is 1.20. The molecule has 0 radical (unpaired) electrons. The molecule has 2 aromatic carbocycles. The number of nitrogens with one attached hydrogen (secondary N) is 1. The van der Waals surface area contributed by atoms with Gasteiger partial charge in [0.1, 0.15) is 23.4 Å². The number of oxazole rings is 1. The molecule has 0 bridgehead atoms. The lowest BCUT2D eigenvalue weighted by Gasteiger charge is -2.26. The smallest absolute Gasteiger partial charge is 0.300 e. The zero-order valence-electron chi connectivity index (χ0n) is 18.4. The van der Waals surface area contributed by atoms with Crippen molar-refractivity contribution in [3.8, 4) is 11.3 Å². The first-order chi connectivity index (χ1) is 16.2. The summed E-state index contributed by atoms with van der Waals surface area (Å²) >= 11 is 0. The van der Waals surface area contributed by atoms with Crippen molar-refractivity contribution in [3.05, 3.63) is 54.9 Å². The van der Waals surface area contributed by atoms with Crippen LogP contribution in [0.15, 0.2) is 59.3 Å². The summed E-state index contributed by atoms with van der Waals surface area (Å²) in [4.78, 5) is 13.4. The molecule has 166 valence electrons. The van der Waals surface area contributed by atoms with Gasteiger partial charge in [0.05, 0.1) is 11.4 Å². The second-order valence-electron chi connectivity index (χ2n) is 8.86. The van der Waals surface area contributed by atoms with Gasteiger partial charge in [0, 0.05) is 11.3 Å². The first-order valence-electron chi connectivity index (χ1n) is 11.4. The Kier molecular flexibility index (Phi) is 4.71. The van der Waals surface area contributed by atoms with Gasteiger partial charge < -0.3 is 15.5 Å². The standard InChI is InChI=1S/C25H25N7O/c1-15-7-10-18(11-8-15)32-24-21(23(26)27-14-28-24)22(31-32)16-9-12-19-20(13-16)33-25(30-19)29-17-5-3-2-4-6-17/h2-6,9,12-15,18H,7-8,10-11H2,1H3,(H,29,30)(H2,26,27,28). The highest BCUT2D eigenvalue weighted by atomic mass is 16.4. The summed E-state index contributed by atoms with van der Waals surface area (Å²) in [5, 5.41) is 9.00. The van der Waals surface area contributed by atoms with Gasteiger partial charge in [-0.25, -0.2) is 14.6 Å². The number of fused-ring (bicyclic) bond motifs is 2. The Morgan fingerprint density at radius 2 is 1.85 bits per heavy atom. The van der Waals surface area contributed by atoms with E-state index < -0.39 is 0 Å². The number of benzene rings is 2. The molecule has 3 aromatic heterocycles. The lowest BCUT2D eigenvalue weighted by molar-refractivity contribution is 0.278. The van der Waals surface area contributed by atoms with Gasteiger partial charge in [0.2, 0.25) is 0 Å². The fourth-order valence-electron chi connectivity index (χ4n) is 4.71. The van der Waals surface area contributed by atoms with Crippen molar-refractivity contribution in [3.63, 3.8) is 0 Å². The van der Waals surface area contributed by atoms with Gasteiger partial charge >= 0.3 is 0 Å². The molecule has 6 rings (SSSR count). The Morgan fingerprint density at radius 3 is 2.67 bits per heavy atom. The second-order valence-corrected chi connectivity index (χ2v) is 8.86. The molecule has 3 heterocycles. The maximum absolute atomic E-state index is 6.31. The average Bonchev–Trinajstić information content (AvgIpc) is 3.41. The number of aromatic nitrogens is 5. The molecular weight excluding hydrogens is 414 g/mol. The second kappa shape index (κ2) is 7.88. The van der Waals surface area contributed by atoms with Crippen LogP contribution in [-0.4, -0.2) is 24.7 Å². The minimum absolute atomic E-state index is 0.322. The van der Waals surface area contributed by atoms with Crippen LogP contribution in [0.1, 0.15) is 38.6 Å². The van der Waals surface area contributed by atoms with Gasteiger partial charge in [-0.15, -0.1) is 0 Å². The van der Waals surface area contributed by atoms with Crippen molar-refractivity contribution >= 4 is 39.7 Å². The third-order valence-electron chi connectivity index (χ3n) is 6.54. The van der Waals surface area contributed by atoms with Gasteiger partial charge in [-0.2, -0.15) is 10.1 Å². The van der Waals surface area contributed by atoms with Gasteiger partial charge in [-0.3, -0.25) is 0 Å².